The van der Waals surface area contributed by atoms with Crippen molar-refractivity contribution in [2.24, 2.45) is 0 Å². The Morgan fingerprint density at radius 1 is 1.19 bits per heavy atom. The zero-order valence-electron chi connectivity index (χ0n) is 14.7. The predicted octanol–water partition coefficient (Wildman–Crippen LogP) is 4.30. The van der Waals surface area contributed by atoms with Gasteiger partial charge in [0.25, 0.3) is 0 Å². The molecule has 0 aliphatic carbocycles. The number of hydrogen-bond acceptors (Lipinski definition) is 4. The van der Waals surface area contributed by atoms with Gasteiger partial charge in [0, 0.05) is 18.0 Å². The first-order chi connectivity index (χ1) is 12.8. The Labute approximate surface area is 157 Å². The number of urea groups is 1. The fraction of sp³-hybridized carbons (Fsp3) is 0.350. The van der Waals surface area contributed by atoms with Gasteiger partial charge >= 0.3 is 6.03 Å². The zero-order chi connectivity index (χ0) is 17.9. The van der Waals surface area contributed by atoms with E-state index in [-0.39, 0.29) is 11.4 Å². The molecule has 2 amide bonds. The van der Waals surface area contributed by atoms with Crippen LogP contribution in [0.4, 0.5) is 10.5 Å². The summed E-state index contributed by atoms with van der Waals surface area (Å²) >= 11 is 1.77. The average molecular weight is 370 g/mol. The van der Waals surface area contributed by atoms with Crippen LogP contribution in [0.5, 0.6) is 11.5 Å². The molecule has 2 heterocycles. The normalized spacial score (nSPS) is 18.7. The average Bonchev–Trinajstić information content (AvgIpc) is 3.18. The fourth-order valence-electron chi connectivity index (χ4n) is 3.31. The molecule has 6 heteroatoms. The molecule has 2 aromatic rings. The Morgan fingerprint density at radius 2 is 2.00 bits per heavy atom. The molecule has 0 saturated carbocycles. The summed E-state index contributed by atoms with van der Waals surface area (Å²) in [7, 11) is 0. The van der Waals surface area contributed by atoms with Gasteiger partial charge in [0.15, 0.2) is 11.5 Å². The highest BCUT2D eigenvalue weighted by Crippen LogP contribution is 2.42. The number of rotatable bonds is 3. The van der Waals surface area contributed by atoms with Crippen LogP contribution in [0, 0.1) is 0 Å². The number of nitrogens with one attached hydrogen (secondary N) is 1. The van der Waals surface area contributed by atoms with Crippen LogP contribution in [-0.2, 0) is 6.42 Å². The van der Waals surface area contributed by atoms with Crippen LogP contribution < -0.4 is 14.8 Å². The first-order valence-corrected chi connectivity index (χ1v) is 9.98. The van der Waals surface area contributed by atoms with Crippen LogP contribution in [0.2, 0.25) is 0 Å². The van der Waals surface area contributed by atoms with E-state index in [9.17, 15) is 4.79 Å². The van der Waals surface area contributed by atoms with Gasteiger partial charge in [0.2, 0.25) is 0 Å². The number of nitrogens with zero attached hydrogens (tertiary/aromatic N) is 1. The molecular weight excluding hydrogens is 348 g/mol. The number of amides is 2. The molecule has 2 aromatic carbocycles. The molecule has 0 spiro atoms. The number of fused-ring (bicyclic) bond motifs is 1. The molecule has 4 rings (SSSR count). The Bertz CT molecular complexity index is 811. The van der Waals surface area contributed by atoms with Crippen molar-refractivity contribution < 1.29 is 14.3 Å². The lowest BCUT2D eigenvalue weighted by Gasteiger charge is -2.26. The largest absolute Gasteiger partial charge is 0.486 e. The maximum absolute atomic E-state index is 12.9. The van der Waals surface area contributed by atoms with Crippen LogP contribution in [0.3, 0.4) is 0 Å². The summed E-state index contributed by atoms with van der Waals surface area (Å²) in [5.74, 6) is 2.45. The molecule has 1 saturated heterocycles. The van der Waals surface area contributed by atoms with Gasteiger partial charge in [-0.25, -0.2) is 4.79 Å². The van der Waals surface area contributed by atoms with Crippen molar-refractivity contribution in [2.45, 2.75) is 18.7 Å². The van der Waals surface area contributed by atoms with E-state index in [4.69, 9.17) is 9.47 Å². The van der Waals surface area contributed by atoms with Crippen LogP contribution in [-0.4, -0.2) is 36.4 Å². The lowest BCUT2D eigenvalue weighted by atomic mass is 10.1. The van der Waals surface area contributed by atoms with Crippen LogP contribution in [0.15, 0.2) is 42.5 Å². The first-order valence-electron chi connectivity index (χ1n) is 8.93. The van der Waals surface area contributed by atoms with Crippen LogP contribution in [0.1, 0.15) is 23.4 Å². The molecule has 2 aliphatic rings. The van der Waals surface area contributed by atoms with Crippen molar-refractivity contribution in [3.05, 3.63) is 53.6 Å². The minimum Gasteiger partial charge on any atom is -0.486 e. The van der Waals surface area contributed by atoms with Crippen molar-refractivity contribution in [1.29, 1.82) is 0 Å². The monoisotopic (exact) mass is 370 g/mol. The molecule has 136 valence electrons. The van der Waals surface area contributed by atoms with Gasteiger partial charge in [-0.3, -0.25) is 0 Å². The Morgan fingerprint density at radius 3 is 2.85 bits per heavy atom. The smallest absolute Gasteiger partial charge is 0.323 e. The number of benzene rings is 2. The molecule has 1 N–H and O–H groups in total. The second kappa shape index (κ2) is 7.50. The van der Waals surface area contributed by atoms with Gasteiger partial charge in [0.05, 0.1) is 0 Å². The SMILES string of the molecule is CCc1ccccc1NC(=O)N1CCSC1c1ccc2c(c1)OCCO2. The van der Waals surface area contributed by atoms with Gasteiger partial charge in [-0.1, -0.05) is 31.2 Å². The number of carbonyl (C=O) groups is 1. The molecular formula is C20H22N2O3S. The molecule has 1 fully saturated rings. The minimum absolute atomic E-state index is 0.0142. The zero-order valence-corrected chi connectivity index (χ0v) is 15.6. The summed E-state index contributed by atoms with van der Waals surface area (Å²) in [6.45, 7) is 3.96. The first kappa shape index (κ1) is 17.1. The Kier molecular flexibility index (Phi) is 4.93. The lowest BCUT2D eigenvalue weighted by molar-refractivity contribution is 0.171. The topological polar surface area (TPSA) is 50.8 Å². The Balaban J connectivity index is 1.54. The van der Waals surface area contributed by atoms with Crippen molar-refractivity contribution in [1.82, 2.24) is 4.90 Å². The number of aryl methyl sites for hydroxylation is 1. The summed E-state index contributed by atoms with van der Waals surface area (Å²) in [5.41, 5.74) is 3.09. The third-order valence-corrected chi connectivity index (χ3v) is 5.90. The van der Waals surface area contributed by atoms with Gasteiger partial charge in [0.1, 0.15) is 18.6 Å². The second-order valence-electron chi connectivity index (χ2n) is 6.26. The van der Waals surface area contributed by atoms with Gasteiger partial charge in [-0.2, -0.15) is 0 Å². The number of carbonyl (C=O) groups excluding carboxylic acids is 1. The van der Waals surface area contributed by atoms with E-state index in [1.807, 2.05) is 47.4 Å². The fourth-order valence-corrected chi connectivity index (χ4v) is 4.55. The predicted molar refractivity (Wildman–Crippen MR) is 104 cm³/mol. The van der Waals surface area contributed by atoms with Crippen LogP contribution in [0.25, 0.3) is 0 Å². The molecule has 1 atom stereocenters. The Hall–Kier alpha value is -2.34. The number of para-hydroxylation sites is 1. The van der Waals surface area contributed by atoms with E-state index in [1.54, 1.807) is 11.8 Å². The molecule has 1 unspecified atom stereocenters. The molecule has 0 aromatic heterocycles. The van der Waals surface area contributed by atoms with E-state index in [2.05, 4.69) is 12.2 Å². The van der Waals surface area contributed by atoms with E-state index >= 15 is 0 Å². The van der Waals surface area contributed by atoms with Crippen molar-refractivity contribution in [3.63, 3.8) is 0 Å². The lowest BCUT2D eigenvalue weighted by Crippen LogP contribution is -2.34. The third-order valence-electron chi connectivity index (χ3n) is 4.64. The van der Waals surface area contributed by atoms with Gasteiger partial charge < -0.3 is 19.7 Å². The molecule has 26 heavy (non-hydrogen) atoms. The summed E-state index contributed by atoms with van der Waals surface area (Å²) in [6.07, 6.45) is 0.886. The summed E-state index contributed by atoms with van der Waals surface area (Å²) in [4.78, 5) is 14.8. The minimum atomic E-state index is -0.0595. The molecule has 5 nitrogen and oxygen atoms in total. The number of thioether (sulfide) groups is 1. The number of ether oxygens (including phenoxy) is 2. The van der Waals surface area contributed by atoms with Crippen molar-refractivity contribution in [3.8, 4) is 11.5 Å². The quantitative estimate of drug-likeness (QED) is 0.875. The van der Waals surface area contributed by atoms with E-state index in [1.165, 1.54) is 0 Å². The molecule has 0 radical (unpaired) electrons. The highest BCUT2D eigenvalue weighted by atomic mass is 32.2. The summed E-state index contributed by atoms with van der Waals surface area (Å²) in [5, 5.41) is 3.07. The number of anilines is 1. The number of hydrogen-bond donors (Lipinski definition) is 1. The van der Waals surface area contributed by atoms with E-state index < -0.39 is 0 Å². The van der Waals surface area contributed by atoms with E-state index in [0.717, 1.165) is 47.0 Å². The third kappa shape index (κ3) is 3.33. The standard InChI is InChI=1S/C20H22N2O3S/c1-2-14-5-3-4-6-16(14)21-20(23)22-9-12-26-19(22)15-7-8-17-18(13-15)25-11-10-24-17/h3-8,13,19H,2,9-12H2,1H3,(H,21,23). The summed E-state index contributed by atoms with van der Waals surface area (Å²) < 4.78 is 11.3. The van der Waals surface area contributed by atoms with Gasteiger partial charge in [-0.15, -0.1) is 11.8 Å². The molecule has 2 aliphatic heterocycles. The molecule has 0 bridgehead atoms. The van der Waals surface area contributed by atoms with Gasteiger partial charge in [-0.05, 0) is 35.7 Å². The van der Waals surface area contributed by atoms with E-state index in [0.29, 0.717) is 13.2 Å². The maximum Gasteiger partial charge on any atom is 0.323 e. The summed E-state index contributed by atoms with van der Waals surface area (Å²) in [6, 6.07) is 13.9. The highest BCUT2D eigenvalue weighted by molar-refractivity contribution is 7.99. The van der Waals surface area contributed by atoms with Crippen molar-refractivity contribution in [2.75, 3.05) is 30.8 Å². The van der Waals surface area contributed by atoms with Crippen molar-refractivity contribution >= 4 is 23.5 Å². The highest BCUT2D eigenvalue weighted by Gasteiger charge is 2.31. The van der Waals surface area contributed by atoms with Crippen LogP contribution >= 0.6 is 11.8 Å². The maximum atomic E-state index is 12.9. The second-order valence-corrected chi connectivity index (χ2v) is 7.45.